The normalized spacial score (nSPS) is 12.8. The van der Waals surface area contributed by atoms with E-state index in [1.54, 1.807) is 0 Å². The van der Waals surface area contributed by atoms with E-state index < -0.39 is 0 Å². The average Bonchev–Trinajstić information content (AvgIpc) is 2.16. The van der Waals surface area contributed by atoms with Crippen LogP contribution in [0.4, 0.5) is 0 Å². The van der Waals surface area contributed by atoms with Crippen LogP contribution in [-0.2, 0) is 9.53 Å². The number of hydrogen-bond acceptors (Lipinski definition) is 2. The van der Waals surface area contributed by atoms with Gasteiger partial charge < -0.3 is 9.53 Å². The van der Waals surface area contributed by atoms with Gasteiger partial charge in [-0.1, -0.05) is 33.1 Å². The van der Waals surface area contributed by atoms with Gasteiger partial charge in [0.1, 0.15) is 6.29 Å². The molecule has 0 radical (unpaired) electrons. The Balaban J connectivity index is 3.22. The van der Waals surface area contributed by atoms with Crippen LogP contribution in [0.2, 0.25) is 0 Å². The topological polar surface area (TPSA) is 26.3 Å². The zero-order chi connectivity index (χ0) is 9.94. The molecule has 0 rings (SSSR count). The largest absolute Gasteiger partial charge is 0.378 e. The second-order valence-corrected chi connectivity index (χ2v) is 3.36. The summed E-state index contributed by atoms with van der Waals surface area (Å²) >= 11 is 0. The molecule has 0 aliphatic carbocycles. The predicted molar refractivity (Wildman–Crippen MR) is 54.9 cm³/mol. The highest BCUT2D eigenvalue weighted by molar-refractivity contribution is 5.50. The van der Waals surface area contributed by atoms with E-state index in [1.165, 1.54) is 19.3 Å². The quantitative estimate of drug-likeness (QED) is 0.409. The van der Waals surface area contributed by atoms with Crippen molar-refractivity contribution in [1.82, 2.24) is 0 Å². The highest BCUT2D eigenvalue weighted by Crippen LogP contribution is 2.05. The Labute approximate surface area is 81.7 Å². The molecular formula is C11H22O2. The second kappa shape index (κ2) is 9.72. The van der Waals surface area contributed by atoms with E-state index in [0.717, 1.165) is 25.7 Å². The van der Waals surface area contributed by atoms with Gasteiger partial charge in [0.05, 0.1) is 6.10 Å². The summed E-state index contributed by atoms with van der Waals surface area (Å²) in [6, 6.07) is 0. The Morgan fingerprint density at radius 1 is 1.23 bits per heavy atom. The summed E-state index contributed by atoms with van der Waals surface area (Å²) in [4.78, 5) is 10.2. The highest BCUT2D eigenvalue weighted by atomic mass is 16.5. The fraction of sp³-hybridized carbons (Fsp3) is 0.909. The Hall–Kier alpha value is -0.370. The van der Waals surface area contributed by atoms with Crippen LogP contribution in [-0.4, -0.2) is 19.0 Å². The molecule has 0 heterocycles. The molecule has 0 amide bonds. The Morgan fingerprint density at radius 3 is 2.54 bits per heavy atom. The first-order chi connectivity index (χ1) is 6.35. The third-order valence-electron chi connectivity index (χ3n) is 2.17. The monoisotopic (exact) mass is 186 g/mol. The van der Waals surface area contributed by atoms with Crippen LogP contribution in [0.25, 0.3) is 0 Å². The van der Waals surface area contributed by atoms with E-state index in [-0.39, 0.29) is 6.10 Å². The van der Waals surface area contributed by atoms with Crippen molar-refractivity contribution in [3.05, 3.63) is 0 Å². The number of aldehydes is 1. The van der Waals surface area contributed by atoms with E-state index in [2.05, 4.69) is 13.8 Å². The van der Waals surface area contributed by atoms with Crippen molar-refractivity contribution in [1.29, 1.82) is 0 Å². The Morgan fingerprint density at radius 2 is 2.00 bits per heavy atom. The van der Waals surface area contributed by atoms with Crippen molar-refractivity contribution in [3.8, 4) is 0 Å². The summed E-state index contributed by atoms with van der Waals surface area (Å²) in [5, 5.41) is 0. The lowest BCUT2D eigenvalue weighted by atomic mass is 10.2. The minimum absolute atomic E-state index is 0.152. The van der Waals surface area contributed by atoms with Gasteiger partial charge in [-0.05, 0) is 12.8 Å². The minimum Gasteiger partial charge on any atom is -0.378 e. The molecule has 1 unspecified atom stereocenters. The van der Waals surface area contributed by atoms with Crippen molar-refractivity contribution < 1.29 is 9.53 Å². The van der Waals surface area contributed by atoms with E-state index in [9.17, 15) is 4.79 Å². The lowest BCUT2D eigenvalue weighted by Gasteiger charge is -2.12. The summed E-state index contributed by atoms with van der Waals surface area (Å²) in [6.07, 6.45) is 7.49. The average molecular weight is 186 g/mol. The first-order valence-corrected chi connectivity index (χ1v) is 5.40. The number of ether oxygens (including phenoxy) is 1. The molecule has 0 saturated heterocycles. The molecule has 0 bridgehead atoms. The van der Waals surface area contributed by atoms with E-state index >= 15 is 0 Å². The lowest BCUT2D eigenvalue weighted by Crippen LogP contribution is -2.13. The summed E-state index contributed by atoms with van der Waals surface area (Å²) in [5.41, 5.74) is 0. The van der Waals surface area contributed by atoms with Gasteiger partial charge in [-0.15, -0.1) is 0 Å². The van der Waals surface area contributed by atoms with Crippen LogP contribution in [0.1, 0.15) is 52.4 Å². The minimum atomic E-state index is 0.152. The Bertz CT molecular complexity index is 113. The van der Waals surface area contributed by atoms with Crippen LogP contribution in [0.3, 0.4) is 0 Å². The van der Waals surface area contributed by atoms with Gasteiger partial charge >= 0.3 is 0 Å². The molecule has 0 aromatic rings. The molecule has 0 aromatic carbocycles. The molecule has 13 heavy (non-hydrogen) atoms. The summed E-state index contributed by atoms with van der Waals surface area (Å²) < 4.78 is 5.55. The zero-order valence-electron chi connectivity index (χ0n) is 8.92. The third kappa shape index (κ3) is 7.97. The SMILES string of the molecule is CCCCCCOC(CC)CC=O. The molecule has 78 valence electrons. The van der Waals surface area contributed by atoms with Crippen LogP contribution < -0.4 is 0 Å². The van der Waals surface area contributed by atoms with Gasteiger partial charge in [-0.2, -0.15) is 0 Å². The molecule has 0 aliphatic rings. The number of carbonyl (C=O) groups is 1. The molecule has 0 aromatic heterocycles. The van der Waals surface area contributed by atoms with E-state index in [0.29, 0.717) is 6.42 Å². The van der Waals surface area contributed by atoms with E-state index in [4.69, 9.17) is 4.74 Å². The lowest BCUT2D eigenvalue weighted by molar-refractivity contribution is -0.110. The number of hydrogen-bond donors (Lipinski definition) is 0. The maximum Gasteiger partial charge on any atom is 0.122 e. The molecule has 1 atom stereocenters. The third-order valence-corrected chi connectivity index (χ3v) is 2.17. The van der Waals surface area contributed by atoms with Crippen molar-refractivity contribution in [2.45, 2.75) is 58.5 Å². The van der Waals surface area contributed by atoms with Gasteiger partial charge in [0, 0.05) is 13.0 Å². The van der Waals surface area contributed by atoms with Crippen molar-refractivity contribution in [2.24, 2.45) is 0 Å². The van der Waals surface area contributed by atoms with Crippen LogP contribution in [0, 0.1) is 0 Å². The Kier molecular flexibility index (Phi) is 9.44. The fourth-order valence-corrected chi connectivity index (χ4v) is 1.24. The summed E-state index contributed by atoms with van der Waals surface area (Å²) in [7, 11) is 0. The van der Waals surface area contributed by atoms with Gasteiger partial charge in [0.2, 0.25) is 0 Å². The molecule has 0 N–H and O–H groups in total. The maximum atomic E-state index is 10.2. The molecule has 0 aliphatic heterocycles. The molecule has 0 saturated carbocycles. The number of carbonyl (C=O) groups excluding carboxylic acids is 1. The smallest absolute Gasteiger partial charge is 0.122 e. The second-order valence-electron chi connectivity index (χ2n) is 3.36. The van der Waals surface area contributed by atoms with Gasteiger partial charge in [-0.3, -0.25) is 0 Å². The standard InChI is InChI=1S/C11H22O2/c1-3-5-6-7-10-13-11(4-2)8-9-12/h9,11H,3-8,10H2,1-2H3. The predicted octanol–water partition coefficient (Wildman–Crippen LogP) is 2.95. The van der Waals surface area contributed by atoms with Gasteiger partial charge in [-0.25, -0.2) is 0 Å². The fourth-order valence-electron chi connectivity index (χ4n) is 1.24. The van der Waals surface area contributed by atoms with Gasteiger partial charge in [0.25, 0.3) is 0 Å². The van der Waals surface area contributed by atoms with E-state index in [1.807, 2.05) is 0 Å². The van der Waals surface area contributed by atoms with Crippen molar-refractivity contribution in [2.75, 3.05) is 6.61 Å². The van der Waals surface area contributed by atoms with Crippen LogP contribution >= 0.6 is 0 Å². The molecule has 0 spiro atoms. The molecule has 0 fully saturated rings. The van der Waals surface area contributed by atoms with Crippen molar-refractivity contribution in [3.63, 3.8) is 0 Å². The van der Waals surface area contributed by atoms with Gasteiger partial charge in [0.15, 0.2) is 0 Å². The summed E-state index contributed by atoms with van der Waals surface area (Å²) in [6.45, 7) is 5.06. The van der Waals surface area contributed by atoms with Crippen LogP contribution in [0.15, 0.2) is 0 Å². The zero-order valence-corrected chi connectivity index (χ0v) is 8.92. The van der Waals surface area contributed by atoms with Crippen LogP contribution in [0.5, 0.6) is 0 Å². The molecule has 2 nitrogen and oxygen atoms in total. The number of unbranched alkanes of at least 4 members (excludes halogenated alkanes) is 3. The first-order valence-electron chi connectivity index (χ1n) is 5.40. The maximum absolute atomic E-state index is 10.2. The highest BCUT2D eigenvalue weighted by Gasteiger charge is 2.04. The van der Waals surface area contributed by atoms with Crippen molar-refractivity contribution >= 4 is 6.29 Å². The first kappa shape index (κ1) is 12.6. The number of rotatable bonds is 9. The summed E-state index contributed by atoms with van der Waals surface area (Å²) in [5.74, 6) is 0. The molecule has 2 heteroatoms. The molecular weight excluding hydrogens is 164 g/mol.